The SMILES string of the molecule is C[C@@H]1C[C@H](O)[C@@H](O)C(C)(C)[C@@]1(O)C=C[C@@H](C)O. The minimum absolute atomic E-state index is 0.189. The minimum Gasteiger partial charge on any atom is -0.390 e. The van der Waals surface area contributed by atoms with Crippen LogP contribution >= 0.6 is 0 Å². The quantitative estimate of drug-likeness (QED) is 0.531. The molecule has 0 heterocycles. The Kier molecular flexibility index (Phi) is 4.04. The lowest BCUT2D eigenvalue weighted by atomic mass is 9.58. The molecule has 1 aliphatic carbocycles. The van der Waals surface area contributed by atoms with Crippen LogP contribution in [0.5, 0.6) is 0 Å². The summed E-state index contributed by atoms with van der Waals surface area (Å²) < 4.78 is 0. The van der Waals surface area contributed by atoms with Crippen LogP contribution in [0.15, 0.2) is 12.2 Å². The zero-order valence-electron chi connectivity index (χ0n) is 11.0. The van der Waals surface area contributed by atoms with Gasteiger partial charge < -0.3 is 20.4 Å². The van der Waals surface area contributed by atoms with Crippen molar-refractivity contribution >= 4 is 0 Å². The summed E-state index contributed by atoms with van der Waals surface area (Å²) in [7, 11) is 0. The fourth-order valence-corrected chi connectivity index (χ4v) is 2.69. The predicted octanol–water partition coefficient (Wildman–Crippen LogP) is 0.442. The van der Waals surface area contributed by atoms with E-state index in [4.69, 9.17) is 0 Å². The molecule has 1 fully saturated rings. The summed E-state index contributed by atoms with van der Waals surface area (Å²) in [5.74, 6) is -0.189. The second-order valence-corrected chi connectivity index (χ2v) is 5.80. The van der Waals surface area contributed by atoms with Gasteiger partial charge in [0.15, 0.2) is 0 Å². The fraction of sp³-hybridized carbons (Fsp3) is 0.846. The van der Waals surface area contributed by atoms with Crippen molar-refractivity contribution < 1.29 is 20.4 Å². The highest BCUT2D eigenvalue weighted by Crippen LogP contribution is 2.48. The van der Waals surface area contributed by atoms with Gasteiger partial charge in [0.25, 0.3) is 0 Å². The van der Waals surface area contributed by atoms with Crippen LogP contribution in [0.3, 0.4) is 0 Å². The van der Waals surface area contributed by atoms with E-state index in [-0.39, 0.29) is 5.92 Å². The largest absolute Gasteiger partial charge is 0.390 e. The molecule has 1 rings (SSSR count). The molecule has 0 aromatic rings. The van der Waals surface area contributed by atoms with E-state index in [1.165, 1.54) is 6.08 Å². The lowest BCUT2D eigenvalue weighted by molar-refractivity contribution is -0.195. The van der Waals surface area contributed by atoms with Crippen molar-refractivity contribution in [2.24, 2.45) is 11.3 Å². The maximum absolute atomic E-state index is 10.7. The van der Waals surface area contributed by atoms with Gasteiger partial charge in [-0.1, -0.05) is 32.9 Å². The monoisotopic (exact) mass is 244 g/mol. The van der Waals surface area contributed by atoms with Gasteiger partial charge in [0.05, 0.1) is 23.9 Å². The Hall–Kier alpha value is -0.420. The minimum atomic E-state index is -1.23. The Morgan fingerprint density at radius 2 is 1.82 bits per heavy atom. The summed E-state index contributed by atoms with van der Waals surface area (Å²) >= 11 is 0. The van der Waals surface area contributed by atoms with Crippen LogP contribution in [0, 0.1) is 11.3 Å². The molecule has 4 heteroatoms. The molecular formula is C13H24O4. The molecule has 0 unspecified atom stereocenters. The van der Waals surface area contributed by atoms with Gasteiger partial charge in [0, 0.05) is 5.41 Å². The first-order valence-corrected chi connectivity index (χ1v) is 6.09. The number of aliphatic hydroxyl groups excluding tert-OH is 3. The molecule has 0 amide bonds. The summed E-state index contributed by atoms with van der Waals surface area (Å²) in [6, 6.07) is 0. The molecule has 0 radical (unpaired) electrons. The average Bonchev–Trinajstić information content (AvgIpc) is 2.22. The van der Waals surface area contributed by atoms with Gasteiger partial charge in [-0.25, -0.2) is 0 Å². The van der Waals surface area contributed by atoms with E-state index in [0.29, 0.717) is 6.42 Å². The molecule has 0 aromatic carbocycles. The fourth-order valence-electron chi connectivity index (χ4n) is 2.69. The van der Waals surface area contributed by atoms with Crippen LogP contribution < -0.4 is 0 Å². The molecule has 0 aromatic heterocycles. The Labute approximate surface area is 103 Å². The highest BCUT2D eigenvalue weighted by molar-refractivity contribution is 5.17. The first kappa shape index (κ1) is 14.6. The van der Waals surface area contributed by atoms with Crippen LogP contribution in [0.1, 0.15) is 34.1 Å². The maximum atomic E-state index is 10.7. The Morgan fingerprint density at radius 1 is 1.29 bits per heavy atom. The van der Waals surface area contributed by atoms with Crippen molar-refractivity contribution in [2.75, 3.05) is 0 Å². The lowest BCUT2D eigenvalue weighted by Gasteiger charge is -2.53. The van der Waals surface area contributed by atoms with E-state index < -0.39 is 29.3 Å². The Bertz CT molecular complexity index is 298. The van der Waals surface area contributed by atoms with Crippen molar-refractivity contribution in [1.29, 1.82) is 0 Å². The standard InChI is InChI=1S/C13H24O4/c1-8-7-10(15)11(16)12(3,4)13(8,17)6-5-9(2)14/h5-6,8-11,14-17H,7H2,1-4H3/t8-,9-,10+,11-,13-/m1/s1. The van der Waals surface area contributed by atoms with Crippen LogP contribution in [0.2, 0.25) is 0 Å². The summed E-state index contributed by atoms with van der Waals surface area (Å²) in [4.78, 5) is 0. The van der Waals surface area contributed by atoms with Crippen molar-refractivity contribution in [3.05, 3.63) is 12.2 Å². The van der Waals surface area contributed by atoms with E-state index in [2.05, 4.69) is 0 Å². The van der Waals surface area contributed by atoms with Gasteiger partial charge in [-0.3, -0.25) is 0 Å². The van der Waals surface area contributed by atoms with E-state index in [0.717, 1.165) is 0 Å². The number of aliphatic hydroxyl groups is 4. The van der Waals surface area contributed by atoms with Gasteiger partial charge >= 0.3 is 0 Å². The van der Waals surface area contributed by atoms with Gasteiger partial charge in [-0.05, 0) is 19.3 Å². The van der Waals surface area contributed by atoms with Gasteiger partial charge in [0.1, 0.15) is 0 Å². The van der Waals surface area contributed by atoms with Crippen LogP contribution in [-0.2, 0) is 0 Å². The number of hydrogen-bond donors (Lipinski definition) is 4. The first-order valence-electron chi connectivity index (χ1n) is 6.09. The summed E-state index contributed by atoms with van der Waals surface area (Å²) in [5, 5.41) is 39.8. The average molecular weight is 244 g/mol. The first-order chi connectivity index (χ1) is 7.63. The molecule has 17 heavy (non-hydrogen) atoms. The molecule has 4 N–H and O–H groups in total. The zero-order chi connectivity index (χ0) is 13.4. The zero-order valence-corrected chi connectivity index (χ0v) is 11.0. The number of rotatable bonds is 2. The molecule has 0 spiro atoms. The van der Waals surface area contributed by atoms with Crippen molar-refractivity contribution in [3.63, 3.8) is 0 Å². The van der Waals surface area contributed by atoms with E-state index in [1.807, 2.05) is 6.92 Å². The molecule has 4 nitrogen and oxygen atoms in total. The van der Waals surface area contributed by atoms with Crippen LogP contribution in [-0.4, -0.2) is 44.3 Å². The van der Waals surface area contributed by atoms with Gasteiger partial charge in [0.2, 0.25) is 0 Å². The molecule has 0 bridgehead atoms. The topological polar surface area (TPSA) is 80.9 Å². The Morgan fingerprint density at radius 3 is 2.29 bits per heavy atom. The summed E-state index contributed by atoms with van der Waals surface area (Å²) in [6.45, 7) is 6.89. The van der Waals surface area contributed by atoms with Crippen LogP contribution in [0.25, 0.3) is 0 Å². The molecule has 0 aliphatic heterocycles. The second kappa shape index (κ2) is 4.69. The van der Waals surface area contributed by atoms with Crippen LogP contribution in [0.4, 0.5) is 0 Å². The third kappa shape index (κ3) is 2.40. The van der Waals surface area contributed by atoms with Crippen molar-refractivity contribution in [3.8, 4) is 0 Å². The second-order valence-electron chi connectivity index (χ2n) is 5.80. The van der Waals surface area contributed by atoms with E-state index >= 15 is 0 Å². The third-order valence-electron chi connectivity index (χ3n) is 4.11. The summed E-state index contributed by atoms with van der Waals surface area (Å²) in [6.07, 6.45) is 0.958. The predicted molar refractivity (Wildman–Crippen MR) is 65.3 cm³/mol. The molecule has 5 atom stereocenters. The highest BCUT2D eigenvalue weighted by Gasteiger charge is 2.55. The van der Waals surface area contributed by atoms with Gasteiger partial charge in [-0.15, -0.1) is 0 Å². The lowest BCUT2D eigenvalue weighted by Crippen LogP contribution is -2.62. The maximum Gasteiger partial charge on any atom is 0.0931 e. The Balaban J connectivity index is 3.10. The van der Waals surface area contributed by atoms with Crippen molar-refractivity contribution in [1.82, 2.24) is 0 Å². The number of hydrogen-bond acceptors (Lipinski definition) is 4. The van der Waals surface area contributed by atoms with Crippen molar-refractivity contribution in [2.45, 2.75) is 58.0 Å². The molecule has 0 saturated heterocycles. The third-order valence-corrected chi connectivity index (χ3v) is 4.11. The molecular weight excluding hydrogens is 220 g/mol. The molecule has 100 valence electrons. The summed E-state index contributed by atoms with van der Waals surface area (Å²) in [5.41, 5.74) is -2.10. The highest BCUT2D eigenvalue weighted by atomic mass is 16.3. The van der Waals surface area contributed by atoms with Gasteiger partial charge in [-0.2, -0.15) is 0 Å². The molecule has 1 aliphatic rings. The smallest absolute Gasteiger partial charge is 0.0931 e. The normalized spacial score (nSPS) is 43.9. The molecule has 1 saturated carbocycles. The van der Waals surface area contributed by atoms with E-state index in [9.17, 15) is 20.4 Å². The van der Waals surface area contributed by atoms with E-state index in [1.54, 1.807) is 26.8 Å².